The Labute approximate surface area is 92.1 Å². The Hall–Kier alpha value is -1.79. The van der Waals surface area contributed by atoms with E-state index in [4.69, 9.17) is 22.6 Å². The predicted molar refractivity (Wildman–Crippen MR) is 60.6 cm³/mol. The van der Waals surface area contributed by atoms with Crippen molar-refractivity contribution < 1.29 is 0 Å². The molecule has 2 N–H and O–H groups in total. The minimum atomic E-state index is 0.337. The van der Waals surface area contributed by atoms with E-state index in [0.717, 1.165) is 10.9 Å². The molecule has 0 bridgehead atoms. The lowest BCUT2D eigenvalue weighted by atomic mass is 10.1. The largest absolute Gasteiger partial charge is 0.384 e. The highest BCUT2D eigenvalue weighted by molar-refractivity contribution is 6.32. The molecule has 0 saturated carbocycles. The fourth-order valence-corrected chi connectivity index (χ4v) is 1.67. The van der Waals surface area contributed by atoms with Crippen molar-refractivity contribution >= 4 is 28.3 Å². The zero-order chi connectivity index (χ0) is 11.0. The smallest absolute Gasteiger partial charge is 0.125 e. The molecule has 15 heavy (non-hydrogen) atoms. The summed E-state index contributed by atoms with van der Waals surface area (Å²) in [5, 5.41) is 10.4. The van der Waals surface area contributed by atoms with Crippen LogP contribution in [0.25, 0.3) is 10.9 Å². The topological polar surface area (TPSA) is 62.7 Å². The van der Waals surface area contributed by atoms with E-state index in [-0.39, 0.29) is 0 Å². The number of anilines is 1. The van der Waals surface area contributed by atoms with E-state index in [9.17, 15) is 0 Å². The van der Waals surface area contributed by atoms with E-state index in [2.05, 4.69) is 11.1 Å². The molecule has 3 nitrogen and oxygen atoms in total. The number of aryl methyl sites for hydroxylation is 1. The molecule has 1 heterocycles. The van der Waals surface area contributed by atoms with Gasteiger partial charge in [-0.2, -0.15) is 5.26 Å². The first kappa shape index (κ1) is 9.75. The molecular weight excluding hydrogens is 210 g/mol. The van der Waals surface area contributed by atoms with Crippen molar-refractivity contribution in [3.63, 3.8) is 0 Å². The molecule has 74 valence electrons. The number of nitriles is 1. The van der Waals surface area contributed by atoms with Crippen LogP contribution in [0.4, 0.5) is 5.82 Å². The van der Waals surface area contributed by atoms with Gasteiger partial charge in [0.1, 0.15) is 5.82 Å². The summed E-state index contributed by atoms with van der Waals surface area (Å²) in [5.41, 5.74) is 7.68. The Bertz CT molecular complexity index is 584. The molecule has 1 aromatic heterocycles. The van der Waals surface area contributed by atoms with Gasteiger partial charge in [-0.15, -0.1) is 0 Å². The summed E-state index contributed by atoms with van der Waals surface area (Å²) >= 11 is 5.97. The first-order valence-corrected chi connectivity index (χ1v) is 4.76. The number of nitrogens with zero attached hydrogens (tertiary/aromatic N) is 2. The van der Waals surface area contributed by atoms with Crippen LogP contribution < -0.4 is 5.73 Å². The van der Waals surface area contributed by atoms with Crippen LogP contribution in [0, 0.1) is 18.3 Å². The van der Waals surface area contributed by atoms with Crippen LogP contribution in [-0.4, -0.2) is 4.98 Å². The van der Waals surface area contributed by atoms with E-state index in [1.807, 2.05) is 6.92 Å². The number of fused-ring (bicyclic) bond motifs is 1. The molecule has 0 amide bonds. The number of benzene rings is 1. The minimum absolute atomic E-state index is 0.337. The number of rotatable bonds is 0. The van der Waals surface area contributed by atoms with Crippen LogP contribution in [-0.2, 0) is 0 Å². The van der Waals surface area contributed by atoms with Crippen LogP contribution in [0.15, 0.2) is 18.2 Å². The average molecular weight is 218 g/mol. The van der Waals surface area contributed by atoms with Gasteiger partial charge in [-0.3, -0.25) is 0 Å². The number of halogens is 1. The molecule has 1 aromatic carbocycles. The molecule has 0 radical (unpaired) electrons. The van der Waals surface area contributed by atoms with Crippen molar-refractivity contribution in [1.82, 2.24) is 4.98 Å². The van der Waals surface area contributed by atoms with Gasteiger partial charge in [-0.05, 0) is 30.7 Å². The maximum Gasteiger partial charge on any atom is 0.125 e. The number of hydrogen-bond acceptors (Lipinski definition) is 3. The van der Waals surface area contributed by atoms with Gasteiger partial charge in [0.15, 0.2) is 0 Å². The van der Waals surface area contributed by atoms with Gasteiger partial charge in [-0.1, -0.05) is 11.6 Å². The van der Waals surface area contributed by atoms with Gasteiger partial charge < -0.3 is 5.73 Å². The molecule has 0 atom stereocenters. The van der Waals surface area contributed by atoms with E-state index >= 15 is 0 Å². The highest BCUT2D eigenvalue weighted by atomic mass is 35.5. The lowest BCUT2D eigenvalue weighted by Crippen LogP contribution is -1.95. The SMILES string of the molecule is Cc1c(Cl)ccc2c(C#N)cc(N)nc12. The third-order valence-electron chi connectivity index (χ3n) is 2.31. The molecule has 2 rings (SSSR count). The van der Waals surface area contributed by atoms with Crippen molar-refractivity contribution in [2.45, 2.75) is 6.92 Å². The first-order valence-electron chi connectivity index (χ1n) is 4.39. The Morgan fingerprint density at radius 2 is 2.20 bits per heavy atom. The van der Waals surface area contributed by atoms with Crippen LogP contribution >= 0.6 is 11.6 Å². The van der Waals surface area contributed by atoms with E-state index in [1.165, 1.54) is 0 Å². The molecule has 0 saturated heterocycles. The average Bonchev–Trinajstić information content (AvgIpc) is 2.23. The maximum absolute atomic E-state index is 8.95. The number of aromatic nitrogens is 1. The standard InChI is InChI=1S/C11H8ClN3/c1-6-9(12)3-2-8-7(5-13)4-10(14)15-11(6)8/h2-4H,1H3,(H2,14,15). The van der Waals surface area contributed by atoms with Crippen molar-refractivity contribution in [2.75, 3.05) is 5.73 Å². The number of nitrogens with two attached hydrogens (primary N) is 1. The molecule has 0 unspecified atom stereocenters. The molecule has 0 aliphatic heterocycles. The van der Waals surface area contributed by atoms with Crippen LogP contribution in [0.3, 0.4) is 0 Å². The van der Waals surface area contributed by atoms with E-state index < -0.39 is 0 Å². The molecule has 0 aliphatic rings. The highest BCUT2D eigenvalue weighted by Gasteiger charge is 2.08. The zero-order valence-electron chi connectivity index (χ0n) is 8.08. The fourth-order valence-electron chi connectivity index (χ4n) is 1.52. The van der Waals surface area contributed by atoms with Gasteiger partial charge in [0.25, 0.3) is 0 Å². The van der Waals surface area contributed by atoms with Gasteiger partial charge in [0.2, 0.25) is 0 Å². The fraction of sp³-hybridized carbons (Fsp3) is 0.0909. The summed E-state index contributed by atoms with van der Waals surface area (Å²) in [6.45, 7) is 1.86. The third-order valence-corrected chi connectivity index (χ3v) is 2.72. The molecule has 0 fully saturated rings. The number of pyridine rings is 1. The second-order valence-electron chi connectivity index (χ2n) is 3.28. The molecule has 0 aliphatic carbocycles. The first-order chi connectivity index (χ1) is 7.13. The number of nitrogen functional groups attached to an aromatic ring is 1. The molecule has 2 aromatic rings. The van der Waals surface area contributed by atoms with Crippen LogP contribution in [0.2, 0.25) is 5.02 Å². The Balaban J connectivity index is 2.98. The van der Waals surface area contributed by atoms with Gasteiger partial charge >= 0.3 is 0 Å². The normalized spacial score (nSPS) is 10.2. The molecule has 4 heteroatoms. The monoisotopic (exact) mass is 217 g/mol. The quantitative estimate of drug-likeness (QED) is 0.738. The van der Waals surface area contributed by atoms with Gasteiger partial charge in [0, 0.05) is 10.4 Å². The van der Waals surface area contributed by atoms with Crippen LogP contribution in [0.1, 0.15) is 11.1 Å². The predicted octanol–water partition coefficient (Wildman–Crippen LogP) is 2.65. The van der Waals surface area contributed by atoms with E-state index in [0.29, 0.717) is 21.9 Å². The lowest BCUT2D eigenvalue weighted by Gasteiger charge is -2.05. The summed E-state index contributed by atoms with van der Waals surface area (Å²) in [6, 6.07) is 7.21. The summed E-state index contributed by atoms with van der Waals surface area (Å²) in [7, 11) is 0. The van der Waals surface area contributed by atoms with Gasteiger partial charge in [0.05, 0.1) is 17.1 Å². The van der Waals surface area contributed by atoms with Crippen molar-refractivity contribution in [1.29, 1.82) is 5.26 Å². The summed E-state index contributed by atoms with van der Waals surface area (Å²) < 4.78 is 0. The van der Waals surface area contributed by atoms with Crippen LogP contribution in [0.5, 0.6) is 0 Å². The Morgan fingerprint density at radius 3 is 2.87 bits per heavy atom. The second kappa shape index (κ2) is 3.41. The summed E-state index contributed by atoms with van der Waals surface area (Å²) in [6.07, 6.45) is 0. The molecular formula is C11H8ClN3. The third kappa shape index (κ3) is 1.49. The highest BCUT2D eigenvalue weighted by Crippen LogP contribution is 2.26. The van der Waals surface area contributed by atoms with Crippen molar-refractivity contribution in [3.05, 3.63) is 34.3 Å². The van der Waals surface area contributed by atoms with Crippen molar-refractivity contribution in [2.24, 2.45) is 0 Å². The van der Waals surface area contributed by atoms with Crippen molar-refractivity contribution in [3.8, 4) is 6.07 Å². The van der Waals surface area contributed by atoms with E-state index in [1.54, 1.807) is 18.2 Å². The summed E-state index contributed by atoms with van der Waals surface area (Å²) in [5.74, 6) is 0.337. The second-order valence-corrected chi connectivity index (χ2v) is 3.68. The Morgan fingerprint density at radius 1 is 1.47 bits per heavy atom. The maximum atomic E-state index is 8.95. The minimum Gasteiger partial charge on any atom is -0.384 e. The molecule has 0 spiro atoms. The Kier molecular flexibility index (Phi) is 2.22. The zero-order valence-corrected chi connectivity index (χ0v) is 8.84. The number of hydrogen-bond donors (Lipinski definition) is 1. The lowest BCUT2D eigenvalue weighted by molar-refractivity contribution is 1.36. The van der Waals surface area contributed by atoms with Gasteiger partial charge in [-0.25, -0.2) is 4.98 Å². The summed E-state index contributed by atoms with van der Waals surface area (Å²) in [4.78, 5) is 4.19.